The lowest BCUT2D eigenvalue weighted by Gasteiger charge is -2.07. The van der Waals surface area contributed by atoms with E-state index in [1.165, 1.54) is 6.07 Å². The molecule has 2 aromatic rings. The van der Waals surface area contributed by atoms with E-state index in [1.807, 2.05) is 6.07 Å². The van der Waals surface area contributed by atoms with Gasteiger partial charge in [-0.25, -0.2) is 4.39 Å². The van der Waals surface area contributed by atoms with Crippen molar-refractivity contribution in [3.05, 3.63) is 57.8 Å². The van der Waals surface area contributed by atoms with Gasteiger partial charge in [-0.3, -0.25) is 0 Å². The zero-order chi connectivity index (χ0) is 12.4. The van der Waals surface area contributed by atoms with E-state index < -0.39 is 5.82 Å². The van der Waals surface area contributed by atoms with Crippen LogP contribution in [0.3, 0.4) is 0 Å². The highest BCUT2D eigenvalue weighted by atomic mass is 35.5. The van der Waals surface area contributed by atoms with Crippen LogP contribution in [-0.4, -0.2) is 0 Å². The molecule has 17 heavy (non-hydrogen) atoms. The molecule has 0 aliphatic carbocycles. The molecule has 84 valence electrons. The van der Waals surface area contributed by atoms with E-state index in [-0.39, 0.29) is 15.6 Å². The fourth-order valence-corrected chi connectivity index (χ4v) is 1.92. The number of hydrogen-bond donors (Lipinski definition) is 0. The summed E-state index contributed by atoms with van der Waals surface area (Å²) in [5, 5.41) is 8.99. The average Bonchev–Trinajstić information content (AvgIpc) is 2.35. The van der Waals surface area contributed by atoms with E-state index >= 15 is 0 Å². The van der Waals surface area contributed by atoms with Crippen molar-refractivity contribution in [3.8, 4) is 17.2 Å². The van der Waals surface area contributed by atoms with Crippen LogP contribution in [0.15, 0.2) is 36.4 Å². The Balaban J connectivity index is 2.60. The van der Waals surface area contributed by atoms with Gasteiger partial charge in [0.05, 0.1) is 21.7 Å². The normalized spacial score (nSPS) is 10.0. The Morgan fingerprint density at radius 3 is 2.12 bits per heavy atom. The lowest BCUT2D eigenvalue weighted by molar-refractivity contribution is 0.632. The Bertz CT molecular complexity index is 600. The quantitative estimate of drug-likeness (QED) is 0.688. The highest BCUT2D eigenvalue weighted by Gasteiger charge is 2.13. The first-order valence-electron chi connectivity index (χ1n) is 4.77. The van der Waals surface area contributed by atoms with Crippen molar-refractivity contribution in [2.24, 2.45) is 0 Å². The van der Waals surface area contributed by atoms with Gasteiger partial charge in [-0.15, -0.1) is 0 Å². The summed E-state index contributed by atoms with van der Waals surface area (Å²) < 4.78 is 13.8. The van der Waals surface area contributed by atoms with Gasteiger partial charge < -0.3 is 0 Å². The highest BCUT2D eigenvalue weighted by Crippen LogP contribution is 2.34. The second-order valence-corrected chi connectivity index (χ2v) is 4.22. The van der Waals surface area contributed by atoms with Crippen LogP contribution in [0.5, 0.6) is 0 Å². The third-order valence-electron chi connectivity index (χ3n) is 2.35. The Morgan fingerprint density at radius 1 is 0.941 bits per heavy atom. The minimum absolute atomic E-state index is 0.0220. The van der Waals surface area contributed by atoms with Crippen molar-refractivity contribution in [2.45, 2.75) is 0 Å². The van der Waals surface area contributed by atoms with Gasteiger partial charge in [-0.2, -0.15) is 5.26 Å². The van der Waals surface area contributed by atoms with Crippen LogP contribution in [0.2, 0.25) is 10.0 Å². The molecule has 0 heterocycles. The lowest BCUT2D eigenvalue weighted by atomic mass is 10.0. The van der Waals surface area contributed by atoms with Crippen molar-refractivity contribution in [2.75, 3.05) is 0 Å². The van der Waals surface area contributed by atoms with Gasteiger partial charge in [0.2, 0.25) is 0 Å². The molecule has 2 rings (SSSR count). The molecule has 0 aliphatic rings. The standard InChI is InChI=1S/C13H6Cl2FN/c14-10-5-6-11(15)13(16)12(10)9-3-1-8(7-17)2-4-9/h1-6H. The molecular formula is C13H6Cl2FN. The first-order chi connectivity index (χ1) is 8.13. The third-order valence-corrected chi connectivity index (χ3v) is 2.95. The van der Waals surface area contributed by atoms with E-state index in [0.29, 0.717) is 11.1 Å². The van der Waals surface area contributed by atoms with Crippen LogP contribution >= 0.6 is 23.2 Å². The Labute approximate surface area is 108 Å². The monoisotopic (exact) mass is 265 g/mol. The van der Waals surface area contributed by atoms with Crippen LogP contribution < -0.4 is 0 Å². The maximum atomic E-state index is 13.8. The second-order valence-electron chi connectivity index (χ2n) is 3.41. The molecular weight excluding hydrogens is 260 g/mol. The summed E-state index contributed by atoms with van der Waals surface area (Å²) in [4.78, 5) is 0. The van der Waals surface area contributed by atoms with Gasteiger partial charge in [0.15, 0.2) is 5.82 Å². The average molecular weight is 266 g/mol. The van der Waals surface area contributed by atoms with Crippen LogP contribution in [-0.2, 0) is 0 Å². The molecule has 0 atom stereocenters. The summed E-state index contributed by atoms with van der Waals surface area (Å²) in [5.74, 6) is -0.552. The maximum absolute atomic E-state index is 13.8. The fraction of sp³-hybridized carbons (Fsp3) is 0. The molecule has 0 unspecified atom stereocenters. The predicted molar refractivity (Wildman–Crippen MR) is 66.6 cm³/mol. The Morgan fingerprint density at radius 2 is 1.53 bits per heavy atom. The molecule has 0 saturated carbocycles. The fourth-order valence-electron chi connectivity index (χ4n) is 1.50. The van der Waals surface area contributed by atoms with Crippen molar-refractivity contribution in [1.82, 2.24) is 0 Å². The summed E-state index contributed by atoms with van der Waals surface area (Å²) in [7, 11) is 0. The van der Waals surface area contributed by atoms with Crippen molar-refractivity contribution in [1.29, 1.82) is 5.26 Å². The van der Waals surface area contributed by atoms with Gasteiger partial charge in [0, 0.05) is 5.56 Å². The van der Waals surface area contributed by atoms with Crippen LogP contribution in [0.25, 0.3) is 11.1 Å². The first-order valence-corrected chi connectivity index (χ1v) is 5.53. The topological polar surface area (TPSA) is 23.8 Å². The lowest BCUT2D eigenvalue weighted by Crippen LogP contribution is -1.87. The number of hydrogen-bond acceptors (Lipinski definition) is 1. The summed E-state index contributed by atoms with van der Waals surface area (Å²) in [6.07, 6.45) is 0. The molecule has 1 nitrogen and oxygen atoms in total. The van der Waals surface area contributed by atoms with Crippen LogP contribution in [0, 0.1) is 17.1 Å². The molecule has 0 N–H and O–H groups in total. The van der Waals surface area contributed by atoms with E-state index in [0.717, 1.165) is 0 Å². The van der Waals surface area contributed by atoms with Crippen molar-refractivity contribution < 1.29 is 4.39 Å². The summed E-state index contributed by atoms with van der Waals surface area (Å²) >= 11 is 11.7. The van der Waals surface area contributed by atoms with Gasteiger partial charge >= 0.3 is 0 Å². The third kappa shape index (κ3) is 2.26. The predicted octanol–water partition coefficient (Wildman–Crippen LogP) is 4.67. The van der Waals surface area contributed by atoms with Gasteiger partial charge in [0.1, 0.15) is 0 Å². The van der Waals surface area contributed by atoms with Crippen LogP contribution in [0.1, 0.15) is 5.56 Å². The summed E-state index contributed by atoms with van der Waals surface area (Å²) in [5.41, 5.74) is 1.35. The molecule has 2 aromatic carbocycles. The maximum Gasteiger partial charge on any atom is 0.151 e. The number of benzene rings is 2. The Kier molecular flexibility index (Phi) is 3.33. The number of nitrogens with zero attached hydrogens (tertiary/aromatic N) is 1. The molecule has 0 fully saturated rings. The van der Waals surface area contributed by atoms with Crippen molar-refractivity contribution >= 4 is 23.2 Å². The number of halogens is 3. The second kappa shape index (κ2) is 4.75. The highest BCUT2D eigenvalue weighted by molar-refractivity contribution is 6.35. The summed E-state index contributed by atoms with van der Waals surface area (Å²) in [6, 6.07) is 11.4. The molecule has 0 amide bonds. The zero-order valence-electron chi connectivity index (χ0n) is 8.55. The molecule has 0 spiro atoms. The largest absolute Gasteiger partial charge is 0.205 e. The van der Waals surface area contributed by atoms with Gasteiger partial charge in [0.25, 0.3) is 0 Å². The minimum Gasteiger partial charge on any atom is -0.205 e. The van der Waals surface area contributed by atoms with Crippen LogP contribution in [0.4, 0.5) is 4.39 Å². The molecule has 0 aromatic heterocycles. The molecule has 0 saturated heterocycles. The van der Waals surface area contributed by atoms with Gasteiger partial charge in [-0.05, 0) is 29.8 Å². The molecule has 0 radical (unpaired) electrons. The molecule has 0 bridgehead atoms. The van der Waals surface area contributed by atoms with E-state index in [9.17, 15) is 4.39 Å². The number of rotatable bonds is 1. The Hall–Kier alpha value is -1.56. The van der Waals surface area contributed by atoms with E-state index in [1.54, 1.807) is 30.3 Å². The zero-order valence-corrected chi connectivity index (χ0v) is 10.1. The van der Waals surface area contributed by atoms with E-state index in [2.05, 4.69) is 0 Å². The molecule has 0 aliphatic heterocycles. The number of nitriles is 1. The SMILES string of the molecule is N#Cc1ccc(-c2c(Cl)ccc(Cl)c2F)cc1. The van der Waals surface area contributed by atoms with Gasteiger partial charge in [-0.1, -0.05) is 35.3 Å². The molecule has 4 heteroatoms. The van der Waals surface area contributed by atoms with E-state index in [4.69, 9.17) is 28.5 Å². The minimum atomic E-state index is -0.552. The first kappa shape index (κ1) is 11.9. The van der Waals surface area contributed by atoms with Crippen molar-refractivity contribution in [3.63, 3.8) is 0 Å². The smallest absolute Gasteiger partial charge is 0.151 e. The summed E-state index contributed by atoms with van der Waals surface area (Å²) in [6.45, 7) is 0.